The Bertz CT molecular complexity index is 393. The quantitative estimate of drug-likeness (QED) is 0.786. The molecule has 4 N–H and O–H groups in total. The lowest BCUT2D eigenvalue weighted by Gasteiger charge is -2.15. The monoisotopic (exact) mass is 239 g/mol. The highest BCUT2D eigenvalue weighted by molar-refractivity contribution is 8.00. The van der Waals surface area contributed by atoms with Crippen molar-refractivity contribution in [1.82, 2.24) is 4.98 Å². The number of aromatic nitrogens is 1. The zero-order chi connectivity index (χ0) is 12.3. The number of primary amides is 1. The van der Waals surface area contributed by atoms with Gasteiger partial charge in [-0.1, -0.05) is 20.8 Å². The zero-order valence-corrected chi connectivity index (χ0v) is 10.5. The molecule has 1 aromatic rings. The van der Waals surface area contributed by atoms with E-state index in [1.807, 2.05) is 0 Å². The summed E-state index contributed by atoms with van der Waals surface area (Å²) in [6, 6.07) is 3.21. The molecule has 1 aromatic heterocycles. The van der Waals surface area contributed by atoms with Crippen LogP contribution in [-0.4, -0.2) is 16.1 Å². The predicted molar refractivity (Wildman–Crippen MR) is 67.3 cm³/mol. The van der Waals surface area contributed by atoms with E-state index in [2.05, 4.69) is 25.8 Å². The molecule has 16 heavy (non-hydrogen) atoms. The zero-order valence-electron chi connectivity index (χ0n) is 9.73. The number of thioether (sulfide) groups is 1. The van der Waals surface area contributed by atoms with Crippen molar-refractivity contribution in [2.75, 3.05) is 5.73 Å². The Balaban J connectivity index is 2.94. The average Bonchev–Trinajstić information content (AvgIpc) is 2.20. The van der Waals surface area contributed by atoms with E-state index in [1.54, 1.807) is 23.9 Å². The number of amides is 1. The molecule has 0 saturated heterocycles. The normalized spacial score (nSPS) is 12.8. The lowest BCUT2D eigenvalue weighted by molar-refractivity contribution is 0.0995. The highest BCUT2D eigenvalue weighted by Gasteiger charge is 2.13. The first-order chi connectivity index (χ1) is 7.41. The molecule has 88 valence electrons. The standard InChI is InChI=1S/C11H17N3OS/c1-6(2)7(3)16-11-8(12)4-5-9(14-11)10(13)15/h4-7H,12H2,1-3H3,(H2,13,15). The SMILES string of the molecule is CC(C)C(C)Sc1nc(C(N)=O)ccc1N. The molecule has 0 spiro atoms. The van der Waals surface area contributed by atoms with Crippen LogP contribution in [-0.2, 0) is 0 Å². The van der Waals surface area contributed by atoms with Crippen molar-refractivity contribution in [3.8, 4) is 0 Å². The maximum Gasteiger partial charge on any atom is 0.267 e. The first-order valence-corrected chi connectivity index (χ1v) is 6.02. The molecule has 0 bridgehead atoms. The Morgan fingerprint density at radius 2 is 2.00 bits per heavy atom. The van der Waals surface area contributed by atoms with Crippen LogP contribution in [0.5, 0.6) is 0 Å². The van der Waals surface area contributed by atoms with Gasteiger partial charge in [-0.3, -0.25) is 4.79 Å². The van der Waals surface area contributed by atoms with Crippen LogP contribution in [0, 0.1) is 5.92 Å². The number of carbonyl (C=O) groups excluding carboxylic acids is 1. The smallest absolute Gasteiger partial charge is 0.267 e. The Hall–Kier alpha value is -1.23. The third kappa shape index (κ3) is 3.13. The van der Waals surface area contributed by atoms with Crippen LogP contribution in [0.3, 0.4) is 0 Å². The summed E-state index contributed by atoms with van der Waals surface area (Å²) in [6.45, 7) is 6.37. The first-order valence-electron chi connectivity index (χ1n) is 5.14. The van der Waals surface area contributed by atoms with Crippen molar-refractivity contribution in [2.24, 2.45) is 11.7 Å². The molecule has 1 atom stereocenters. The predicted octanol–water partition coefficient (Wildman–Crippen LogP) is 1.90. The first kappa shape index (κ1) is 12.8. The number of hydrogen-bond acceptors (Lipinski definition) is 4. The molecule has 1 amide bonds. The van der Waals surface area contributed by atoms with Crippen LogP contribution in [0.15, 0.2) is 17.2 Å². The van der Waals surface area contributed by atoms with E-state index >= 15 is 0 Å². The van der Waals surface area contributed by atoms with Crippen LogP contribution >= 0.6 is 11.8 Å². The number of hydrogen-bond donors (Lipinski definition) is 2. The Kier molecular flexibility index (Phi) is 4.18. The number of nitrogens with zero attached hydrogens (tertiary/aromatic N) is 1. The van der Waals surface area contributed by atoms with E-state index in [9.17, 15) is 4.79 Å². The number of pyridine rings is 1. The topological polar surface area (TPSA) is 82.0 Å². The van der Waals surface area contributed by atoms with Gasteiger partial charge in [0.1, 0.15) is 10.7 Å². The second-order valence-corrected chi connectivity index (χ2v) is 5.39. The largest absolute Gasteiger partial charge is 0.397 e. The summed E-state index contributed by atoms with van der Waals surface area (Å²) in [5.41, 5.74) is 11.8. The van der Waals surface area contributed by atoms with Gasteiger partial charge in [0.05, 0.1) is 5.69 Å². The third-order valence-corrected chi connectivity index (χ3v) is 3.84. The molecule has 1 heterocycles. The van der Waals surface area contributed by atoms with Crippen LogP contribution < -0.4 is 11.5 Å². The molecular formula is C11H17N3OS. The number of anilines is 1. The summed E-state index contributed by atoms with van der Waals surface area (Å²) in [6.07, 6.45) is 0. The van der Waals surface area contributed by atoms with Crippen molar-refractivity contribution in [3.63, 3.8) is 0 Å². The van der Waals surface area contributed by atoms with Gasteiger partial charge in [-0.15, -0.1) is 11.8 Å². The third-order valence-electron chi connectivity index (χ3n) is 2.38. The lowest BCUT2D eigenvalue weighted by atomic mass is 10.2. The number of rotatable bonds is 4. The maximum absolute atomic E-state index is 11.0. The maximum atomic E-state index is 11.0. The van der Waals surface area contributed by atoms with Crippen LogP contribution in [0.2, 0.25) is 0 Å². The fourth-order valence-corrected chi connectivity index (χ4v) is 1.97. The van der Waals surface area contributed by atoms with Crippen LogP contribution in [0.4, 0.5) is 5.69 Å². The molecule has 0 fully saturated rings. The Morgan fingerprint density at radius 1 is 1.38 bits per heavy atom. The van der Waals surface area contributed by atoms with Gasteiger partial charge in [0, 0.05) is 5.25 Å². The van der Waals surface area contributed by atoms with Gasteiger partial charge in [-0.25, -0.2) is 4.98 Å². The second-order valence-electron chi connectivity index (χ2n) is 4.02. The summed E-state index contributed by atoms with van der Waals surface area (Å²) >= 11 is 1.57. The second kappa shape index (κ2) is 5.21. The fourth-order valence-electron chi connectivity index (χ4n) is 0.995. The van der Waals surface area contributed by atoms with Crippen molar-refractivity contribution >= 4 is 23.4 Å². The summed E-state index contributed by atoms with van der Waals surface area (Å²) in [7, 11) is 0. The molecule has 0 aromatic carbocycles. The average molecular weight is 239 g/mol. The number of nitrogen functional groups attached to an aromatic ring is 1. The Labute approximate surface area is 99.8 Å². The Morgan fingerprint density at radius 3 is 2.50 bits per heavy atom. The van der Waals surface area contributed by atoms with Gasteiger partial charge in [0.25, 0.3) is 5.91 Å². The van der Waals surface area contributed by atoms with E-state index < -0.39 is 5.91 Å². The van der Waals surface area contributed by atoms with Gasteiger partial charge < -0.3 is 11.5 Å². The molecule has 1 rings (SSSR count). The van der Waals surface area contributed by atoms with Crippen LogP contribution in [0.1, 0.15) is 31.3 Å². The van der Waals surface area contributed by atoms with E-state index in [1.165, 1.54) is 0 Å². The lowest BCUT2D eigenvalue weighted by Crippen LogP contribution is -2.14. The highest BCUT2D eigenvalue weighted by atomic mass is 32.2. The molecule has 0 saturated carbocycles. The van der Waals surface area contributed by atoms with Crippen molar-refractivity contribution in [3.05, 3.63) is 17.8 Å². The molecule has 0 aliphatic carbocycles. The number of carbonyl (C=O) groups is 1. The van der Waals surface area contributed by atoms with E-state index in [0.29, 0.717) is 21.9 Å². The minimum Gasteiger partial charge on any atom is -0.397 e. The number of nitrogens with two attached hydrogens (primary N) is 2. The molecule has 0 aliphatic heterocycles. The van der Waals surface area contributed by atoms with E-state index in [0.717, 1.165) is 0 Å². The van der Waals surface area contributed by atoms with Crippen molar-refractivity contribution in [1.29, 1.82) is 0 Å². The van der Waals surface area contributed by atoms with E-state index in [-0.39, 0.29) is 5.69 Å². The van der Waals surface area contributed by atoms with Crippen molar-refractivity contribution < 1.29 is 4.79 Å². The fraction of sp³-hybridized carbons (Fsp3) is 0.455. The summed E-state index contributed by atoms with van der Waals surface area (Å²) in [5, 5.41) is 1.07. The molecule has 0 aliphatic rings. The van der Waals surface area contributed by atoms with Crippen LogP contribution in [0.25, 0.3) is 0 Å². The molecule has 1 unspecified atom stereocenters. The van der Waals surface area contributed by atoms with Gasteiger partial charge >= 0.3 is 0 Å². The summed E-state index contributed by atoms with van der Waals surface area (Å²) < 4.78 is 0. The molecule has 4 nitrogen and oxygen atoms in total. The molecule has 5 heteroatoms. The highest BCUT2D eigenvalue weighted by Crippen LogP contribution is 2.30. The van der Waals surface area contributed by atoms with Gasteiger partial charge in [-0.05, 0) is 18.1 Å². The summed E-state index contributed by atoms with van der Waals surface area (Å²) in [4.78, 5) is 15.2. The summed E-state index contributed by atoms with van der Waals surface area (Å²) in [5.74, 6) is -0.0116. The molecule has 0 radical (unpaired) electrons. The molecular weight excluding hydrogens is 222 g/mol. The minimum atomic E-state index is -0.529. The van der Waals surface area contributed by atoms with Crippen molar-refractivity contribution in [2.45, 2.75) is 31.0 Å². The van der Waals surface area contributed by atoms with Gasteiger partial charge in [-0.2, -0.15) is 0 Å². The van der Waals surface area contributed by atoms with Gasteiger partial charge in [0.2, 0.25) is 0 Å². The minimum absolute atomic E-state index is 0.257. The van der Waals surface area contributed by atoms with E-state index in [4.69, 9.17) is 11.5 Å². The van der Waals surface area contributed by atoms with Gasteiger partial charge in [0.15, 0.2) is 0 Å².